The molecule has 0 spiro atoms. The van der Waals surface area contributed by atoms with Crippen LogP contribution in [0.5, 0.6) is 0 Å². The molecule has 2 N–H and O–H groups in total. The monoisotopic (exact) mass is 221 g/mol. The fourth-order valence-electron chi connectivity index (χ4n) is 1.87. The van der Waals surface area contributed by atoms with Gasteiger partial charge < -0.3 is 10.4 Å². The Morgan fingerprint density at radius 2 is 1.88 bits per heavy atom. The molecule has 0 heterocycles. The molecule has 90 valence electrons. The second kappa shape index (κ2) is 6.02. The molecule has 0 fully saturated rings. The van der Waals surface area contributed by atoms with Gasteiger partial charge in [0.05, 0.1) is 0 Å². The molecule has 1 rings (SSSR count). The van der Waals surface area contributed by atoms with Crippen molar-refractivity contribution in [3.05, 3.63) is 35.9 Å². The Kier molecular flexibility index (Phi) is 4.97. The van der Waals surface area contributed by atoms with E-state index in [4.69, 9.17) is 0 Å². The van der Waals surface area contributed by atoms with Gasteiger partial charge in [0.15, 0.2) is 0 Å². The lowest BCUT2D eigenvalue weighted by Crippen LogP contribution is -2.40. The third kappa shape index (κ3) is 3.62. The lowest BCUT2D eigenvalue weighted by Gasteiger charge is -2.29. The molecule has 0 amide bonds. The summed E-state index contributed by atoms with van der Waals surface area (Å²) in [4.78, 5) is 0. The summed E-state index contributed by atoms with van der Waals surface area (Å²) >= 11 is 0. The molecule has 2 nitrogen and oxygen atoms in total. The van der Waals surface area contributed by atoms with Crippen molar-refractivity contribution in [1.29, 1.82) is 0 Å². The van der Waals surface area contributed by atoms with Crippen molar-refractivity contribution in [3.8, 4) is 0 Å². The van der Waals surface area contributed by atoms with E-state index in [-0.39, 0.29) is 0 Å². The molecule has 2 heteroatoms. The molecule has 1 unspecified atom stereocenters. The van der Waals surface area contributed by atoms with E-state index < -0.39 is 5.60 Å². The normalized spacial score (nSPS) is 15.1. The molecule has 0 aromatic heterocycles. The molecule has 0 aliphatic rings. The summed E-state index contributed by atoms with van der Waals surface area (Å²) < 4.78 is 0. The van der Waals surface area contributed by atoms with Crippen molar-refractivity contribution >= 4 is 0 Å². The number of hydrogen-bond donors (Lipinski definition) is 2. The molecule has 1 atom stereocenters. The Hall–Kier alpha value is -0.860. The molecule has 1 aromatic carbocycles. The van der Waals surface area contributed by atoms with Gasteiger partial charge in [-0.15, -0.1) is 0 Å². The number of aliphatic hydroxyl groups is 1. The van der Waals surface area contributed by atoms with E-state index in [2.05, 4.69) is 26.1 Å². The lowest BCUT2D eigenvalue weighted by atomic mass is 9.89. The third-order valence-corrected chi connectivity index (χ3v) is 2.78. The molecular weight excluding hydrogens is 198 g/mol. The highest BCUT2D eigenvalue weighted by Gasteiger charge is 2.27. The predicted octanol–water partition coefficient (Wildman–Crippen LogP) is 2.67. The topological polar surface area (TPSA) is 32.3 Å². The van der Waals surface area contributed by atoms with Gasteiger partial charge in [-0.2, -0.15) is 0 Å². The van der Waals surface area contributed by atoms with Gasteiger partial charge >= 0.3 is 0 Å². The summed E-state index contributed by atoms with van der Waals surface area (Å²) in [5.74, 6) is 0. The number of nitrogens with one attached hydrogen (secondary N) is 1. The Bertz CT molecular complexity index is 297. The first kappa shape index (κ1) is 13.2. The zero-order chi connectivity index (χ0) is 12.0. The van der Waals surface area contributed by atoms with E-state index in [1.54, 1.807) is 0 Å². The standard InChI is InChI=1S/C14H23NO/c1-4-10-14(16,11-15-12(2)3)13-8-6-5-7-9-13/h5-9,12,15-16H,4,10-11H2,1-3H3. The smallest absolute Gasteiger partial charge is 0.102 e. The van der Waals surface area contributed by atoms with E-state index in [1.165, 1.54) is 0 Å². The molecule has 0 saturated carbocycles. The molecular formula is C14H23NO. The average molecular weight is 221 g/mol. The summed E-state index contributed by atoms with van der Waals surface area (Å²) in [6, 6.07) is 10.3. The first-order chi connectivity index (χ1) is 7.58. The minimum absolute atomic E-state index is 0.395. The SMILES string of the molecule is CCCC(O)(CNC(C)C)c1ccccc1. The van der Waals surface area contributed by atoms with Gasteiger partial charge in [0.1, 0.15) is 5.60 Å². The van der Waals surface area contributed by atoms with Crippen molar-refractivity contribution in [2.45, 2.75) is 45.3 Å². The van der Waals surface area contributed by atoms with Crippen molar-refractivity contribution in [2.75, 3.05) is 6.54 Å². The zero-order valence-corrected chi connectivity index (χ0v) is 10.5. The van der Waals surface area contributed by atoms with E-state index in [9.17, 15) is 5.11 Å². The quantitative estimate of drug-likeness (QED) is 0.774. The van der Waals surface area contributed by atoms with Crippen LogP contribution in [-0.2, 0) is 5.60 Å². The molecule has 0 saturated heterocycles. The van der Waals surface area contributed by atoms with E-state index in [0.29, 0.717) is 12.6 Å². The predicted molar refractivity (Wildman–Crippen MR) is 68.4 cm³/mol. The van der Waals surface area contributed by atoms with Crippen LogP contribution < -0.4 is 5.32 Å². The summed E-state index contributed by atoms with van der Waals surface area (Å²) in [7, 11) is 0. The van der Waals surface area contributed by atoms with Gasteiger partial charge in [-0.3, -0.25) is 0 Å². The van der Waals surface area contributed by atoms with Crippen LogP contribution in [0.4, 0.5) is 0 Å². The second-order valence-electron chi connectivity index (χ2n) is 4.68. The maximum atomic E-state index is 10.7. The Balaban J connectivity index is 2.79. The number of benzene rings is 1. The minimum atomic E-state index is -0.736. The van der Waals surface area contributed by atoms with Crippen LogP contribution in [0.25, 0.3) is 0 Å². The van der Waals surface area contributed by atoms with Crippen LogP contribution >= 0.6 is 0 Å². The highest BCUT2D eigenvalue weighted by molar-refractivity contribution is 5.22. The number of hydrogen-bond acceptors (Lipinski definition) is 2. The van der Waals surface area contributed by atoms with E-state index >= 15 is 0 Å². The van der Waals surface area contributed by atoms with Gasteiger partial charge in [0, 0.05) is 12.6 Å². The van der Waals surface area contributed by atoms with Gasteiger partial charge in [0.25, 0.3) is 0 Å². The van der Waals surface area contributed by atoms with Crippen molar-refractivity contribution in [1.82, 2.24) is 5.32 Å². The first-order valence-electron chi connectivity index (χ1n) is 6.10. The average Bonchev–Trinajstić information content (AvgIpc) is 2.28. The fourth-order valence-corrected chi connectivity index (χ4v) is 1.87. The van der Waals surface area contributed by atoms with Gasteiger partial charge in [-0.25, -0.2) is 0 Å². The van der Waals surface area contributed by atoms with Crippen LogP contribution in [-0.4, -0.2) is 17.7 Å². The summed E-state index contributed by atoms with van der Waals surface area (Å²) in [6.07, 6.45) is 1.77. The molecule has 0 radical (unpaired) electrons. The van der Waals surface area contributed by atoms with E-state index in [0.717, 1.165) is 18.4 Å². The van der Waals surface area contributed by atoms with Crippen molar-refractivity contribution in [2.24, 2.45) is 0 Å². The molecule has 1 aromatic rings. The number of rotatable bonds is 6. The van der Waals surface area contributed by atoms with Crippen molar-refractivity contribution in [3.63, 3.8) is 0 Å². The molecule has 0 aliphatic heterocycles. The van der Waals surface area contributed by atoms with Crippen LogP contribution in [0.2, 0.25) is 0 Å². The lowest BCUT2D eigenvalue weighted by molar-refractivity contribution is 0.0252. The summed E-state index contributed by atoms with van der Waals surface area (Å²) in [5, 5.41) is 14.0. The second-order valence-corrected chi connectivity index (χ2v) is 4.68. The molecule has 16 heavy (non-hydrogen) atoms. The maximum Gasteiger partial charge on any atom is 0.102 e. The fraction of sp³-hybridized carbons (Fsp3) is 0.571. The largest absolute Gasteiger partial charge is 0.384 e. The molecule has 0 aliphatic carbocycles. The molecule has 0 bridgehead atoms. The Morgan fingerprint density at radius 3 is 2.38 bits per heavy atom. The minimum Gasteiger partial charge on any atom is -0.384 e. The summed E-state index contributed by atoms with van der Waals surface area (Å²) in [5.41, 5.74) is 0.269. The Labute approximate surface area is 98.7 Å². The van der Waals surface area contributed by atoms with Crippen LogP contribution in [0.1, 0.15) is 39.2 Å². The van der Waals surface area contributed by atoms with Gasteiger partial charge in [0.2, 0.25) is 0 Å². The van der Waals surface area contributed by atoms with Crippen LogP contribution in [0.3, 0.4) is 0 Å². The third-order valence-electron chi connectivity index (χ3n) is 2.78. The zero-order valence-electron chi connectivity index (χ0n) is 10.5. The summed E-state index contributed by atoms with van der Waals surface area (Å²) in [6.45, 7) is 6.90. The van der Waals surface area contributed by atoms with Crippen LogP contribution in [0, 0.1) is 0 Å². The maximum absolute atomic E-state index is 10.7. The highest BCUT2D eigenvalue weighted by Crippen LogP contribution is 2.25. The van der Waals surface area contributed by atoms with Crippen molar-refractivity contribution < 1.29 is 5.11 Å². The van der Waals surface area contributed by atoms with Crippen LogP contribution in [0.15, 0.2) is 30.3 Å². The highest BCUT2D eigenvalue weighted by atomic mass is 16.3. The van der Waals surface area contributed by atoms with Gasteiger partial charge in [-0.05, 0) is 12.0 Å². The van der Waals surface area contributed by atoms with E-state index in [1.807, 2.05) is 30.3 Å². The Morgan fingerprint density at radius 1 is 1.25 bits per heavy atom. The van der Waals surface area contributed by atoms with Gasteiger partial charge in [-0.1, -0.05) is 57.5 Å². The first-order valence-corrected chi connectivity index (χ1v) is 6.10.